The molecular weight excluding hydrogens is 204 g/mol. The second kappa shape index (κ2) is 3.92. The highest BCUT2D eigenvalue weighted by Gasteiger charge is 2.23. The molecule has 1 N–H and O–H groups in total. The van der Waals surface area contributed by atoms with Crippen LogP contribution in [0.25, 0.3) is 0 Å². The first-order valence-electron chi connectivity index (χ1n) is 5.39. The molecular formula is C12H20N2O2. The lowest BCUT2D eigenvalue weighted by Gasteiger charge is -2.19. The SMILES string of the molecule is CC(C)(C)NC(=O)c1cc(C(C)(C)C)on1. The molecule has 1 amide bonds. The molecule has 0 spiro atoms. The minimum absolute atomic E-state index is 0.132. The number of hydrogen-bond acceptors (Lipinski definition) is 3. The third-order valence-corrected chi connectivity index (χ3v) is 1.97. The fourth-order valence-electron chi connectivity index (χ4n) is 1.14. The number of hydrogen-bond donors (Lipinski definition) is 1. The number of carbonyl (C=O) groups is 1. The van der Waals surface area contributed by atoms with Crippen LogP contribution in [0.5, 0.6) is 0 Å². The summed E-state index contributed by atoms with van der Waals surface area (Å²) >= 11 is 0. The van der Waals surface area contributed by atoms with Crippen LogP contribution in [-0.4, -0.2) is 16.6 Å². The molecule has 1 rings (SSSR count). The fourth-order valence-corrected chi connectivity index (χ4v) is 1.14. The molecule has 4 heteroatoms. The van der Waals surface area contributed by atoms with Gasteiger partial charge in [0.05, 0.1) is 0 Å². The summed E-state index contributed by atoms with van der Waals surface area (Å²) in [4.78, 5) is 11.8. The smallest absolute Gasteiger partial charge is 0.273 e. The molecule has 0 aliphatic rings. The minimum Gasteiger partial charge on any atom is -0.360 e. The van der Waals surface area contributed by atoms with Gasteiger partial charge in [0.2, 0.25) is 0 Å². The zero-order chi connectivity index (χ0) is 12.6. The minimum atomic E-state index is -0.266. The maximum absolute atomic E-state index is 11.8. The summed E-state index contributed by atoms with van der Waals surface area (Å²) in [5.41, 5.74) is -0.0644. The summed E-state index contributed by atoms with van der Waals surface area (Å²) in [6.45, 7) is 11.8. The molecule has 0 fully saturated rings. The Kier molecular flexibility index (Phi) is 3.13. The van der Waals surface area contributed by atoms with Crippen LogP contribution in [0.1, 0.15) is 57.8 Å². The maximum Gasteiger partial charge on any atom is 0.273 e. The topological polar surface area (TPSA) is 55.1 Å². The predicted molar refractivity (Wildman–Crippen MR) is 62.4 cm³/mol. The number of rotatable bonds is 1. The first kappa shape index (κ1) is 12.7. The van der Waals surface area contributed by atoms with Crippen molar-refractivity contribution in [3.8, 4) is 0 Å². The zero-order valence-electron chi connectivity index (χ0n) is 10.8. The molecule has 1 aromatic rings. The number of nitrogens with zero attached hydrogens (tertiary/aromatic N) is 1. The van der Waals surface area contributed by atoms with E-state index in [9.17, 15) is 4.79 Å². The molecule has 0 aromatic carbocycles. The average molecular weight is 224 g/mol. The lowest BCUT2D eigenvalue weighted by atomic mass is 9.93. The molecule has 90 valence electrons. The lowest BCUT2D eigenvalue weighted by molar-refractivity contribution is 0.0910. The Balaban J connectivity index is 2.83. The standard InChI is InChI=1S/C12H20N2O2/c1-11(2,3)9-7-8(14-16-9)10(15)13-12(4,5)6/h7H,1-6H3,(H,13,15). The Morgan fingerprint density at radius 1 is 1.25 bits per heavy atom. The van der Waals surface area contributed by atoms with Crippen molar-refractivity contribution in [3.05, 3.63) is 17.5 Å². The molecule has 1 aromatic heterocycles. The van der Waals surface area contributed by atoms with Crippen LogP contribution in [0.15, 0.2) is 10.6 Å². The molecule has 0 bridgehead atoms. The third kappa shape index (κ3) is 3.36. The number of amides is 1. The third-order valence-electron chi connectivity index (χ3n) is 1.97. The molecule has 0 radical (unpaired) electrons. The summed E-state index contributed by atoms with van der Waals surface area (Å²) in [5, 5.41) is 6.62. The van der Waals surface area contributed by atoms with E-state index in [2.05, 4.69) is 10.5 Å². The van der Waals surface area contributed by atoms with Crippen molar-refractivity contribution in [1.29, 1.82) is 0 Å². The molecule has 0 unspecified atom stereocenters. The van der Waals surface area contributed by atoms with Crippen molar-refractivity contribution < 1.29 is 9.32 Å². The van der Waals surface area contributed by atoms with Crippen molar-refractivity contribution in [2.24, 2.45) is 0 Å². The molecule has 0 atom stereocenters. The van der Waals surface area contributed by atoms with Crippen LogP contribution in [0.3, 0.4) is 0 Å². The average Bonchev–Trinajstić information content (AvgIpc) is 2.46. The summed E-state index contributed by atoms with van der Waals surface area (Å²) in [6.07, 6.45) is 0. The van der Waals surface area contributed by atoms with E-state index < -0.39 is 0 Å². The highest BCUT2D eigenvalue weighted by atomic mass is 16.5. The van der Waals surface area contributed by atoms with E-state index in [0.717, 1.165) is 0 Å². The monoisotopic (exact) mass is 224 g/mol. The van der Waals surface area contributed by atoms with Crippen molar-refractivity contribution in [3.63, 3.8) is 0 Å². The van der Waals surface area contributed by atoms with E-state index in [-0.39, 0.29) is 16.9 Å². The number of carbonyl (C=O) groups excluding carboxylic acids is 1. The maximum atomic E-state index is 11.8. The second-order valence-corrected chi connectivity index (χ2v) is 6.03. The van der Waals surface area contributed by atoms with Crippen LogP contribution >= 0.6 is 0 Å². The normalized spacial score (nSPS) is 12.6. The van der Waals surface area contributed by atoms with Gasteiger partial charge in [-0.2, -0.15) is 0 Å². The second-order valence-electron chi connectivity index (χ2n) is 6.03. The Morgan fingerprint density at radius 3 is 2.19 bits per heavy atom. The summed E-state index contributed by atoms with van der Waals surface area (Å²) in [5.74, 6) is 0.512. The van der Waals surface area contributed by atoms with Gasteiger partial charge >= 0.3 is 0 Å². The molecule has 16 heavy (non-hydrogen) atoms. The van der Waals surface area contributed by atoms with Gasteiger partial charge in [-0.15, -0.1) is 0 Å². The number of nitrogens with one attached hydrogen (secondary N) is 1. The Morgan fingerprint density at radius 2 is 1.81 bits per heavy atom. The van der Waals surface area contributed by atoms with Gasteiger partial charge in [0.1, 0.15) is 5.76 Å². The predicted octanol–water partition coefficient (Wildman–Crippen LogP) is 2.50. The van der Waals surface area contributed by atoms with E-state index in [1.807, 2.05) is 41.5 Å². The van der Waals surface area contributed by atoms with Gasteiger partial charge in [-0.25, -0.2) is 0 Å². The first-order chi connectivity index (χ1) is 7.09. The van der Waals surface area contributed by atoms with Crippen LogP contribution in [0, 0.1) is 0 Å². The lowest BCUT2D eigenvalue weighted by Crippen LogP contribution is -2.40. The highest BCUT2D eigenvalue weighted by Crippen LogP contribution is 2.22. The summed E-state index contributed by atoms with van der Waals surface area (Å²) < 4.78 is 5.15. The van der Waals surface area contributed by atoms with Gasteiger partial charge < -0.3 is 9.84 Å². The van der Waals surface area contributed by atoms with Gasteiger partial charge in [0, 0.05) is 17.0 Å². The molecule has 0 saturated heterocycles. The van der Waals surface area contributed by atoms with Gasteiger partial charge in [0.25, 0.3) is 5.91 Å². The molecule has 4 nitrogen and oxygen atoms in total. The first-order valence-corrected chi connectivity index (χ1v) is 5.39. The van der Waals surface area contributed by atoms with Gasteiger partial charge in [-0.05, 0) is 20.8 Å². The quantitative estimate of drug-likeness (QED) is 0.797. The molecule has 0 saturated carbocycles. The fraction of sp³-hybridized carbons (Fsp3) is 0.667. The van der Waals surface area contributed by atoms with Gasteiger partial charge in [-0.3, -0.25) is 4.79 Å². The summed E-state index contributed by atoms with van der Waals surface area (Å²) in [6, 6.07) is 1.70. The van der Waals surface area contributed by atoms with E-state index in [4.69, 9.17) is 4.52 Å². The Hall–Kier alpha value is -1.32. The van der Waals surface area contributed by atoms with Gasteiger partial charge in [0.15, 0.2) is 5.69 Å². The van der Waals surface area contributed by atoms with Crippen molar-refractivity contribution >= 4 is 5.91 Å². The molecule has 0 aliphatic carbocycles. The molecule has 1 heterocycles. The van der Waals surface area contributed by atoms with Crippen LogP contribution < -0.4 is 5.32 Å². The van der Waals surface area contributed by atoms with E-state index in [1.165, 1.54) is 0 Å². The van der Waals surface area contributed by atoms with E-state index in [0.29, 0.717) is 11.5 Å². The van der Waals surface area contributed by atoms with Crippen molar-refractivity contribution in [1.82, 2.24) is 10.5 Å². The Bertz CT molecular complexity index is 380. The highest BCUT2D eigenvalue weighted by molar-refractivity contribution is 5.92. The van der Waals surface area contributed by atoms with Crippen LogP contribution in [0.4, 0.5) is 0 Å². The molecule has 0 aliphatic heterocycles. The van der Waals surface area contributed by atoms with E-state index in [1.54, 1.807) is 6.07 Å². The summed E-state index contributed by atoms with van der Waals surface area (Å²) in [7, 11) is 0. The largest absolute Gasteiger partial charge is 0.360 e. The number of aromatic nitrogens is 1. The van der Waals surface area contributed by atoms with Crippen LogP contribution in [0.2, 0.25) is 0 Å². The Labute approximate surface area is 96.4 Å². The van der Waals surface area contributed by atoms with Crippen molar-refractivity contribution in [2.45, 2.75) is 52.5 Å². The van der Waals surface area contributed by atoms with E-state index >= 15 is 0 Å². The van der Waals surface area contributed by atoms with Gasteiger partial charge in [-0.1, -0.05) is 25.9 Å². The zero-order valence-corrected chi connectivity index (χ0v) is 10.8. The van der Waals surface area contributed by atoms with Crippen LogP contribution in [-0.2, 0) is 5.41 Å². The van der Waals surface area contributed by atoms with Crippen molar-refractivity contribution in [2.75, 3.05) is 0 Å².